The number of nitrogens with zero attached hydrogens (tertiary/aromatic N) is 3. The van der Waals surface area contributed by atoms with Gasteiger partial charge in [0.25, 0.3) is 10.0 Å². The molecule has 0 radical (unpaired) electrons. The topological polar surface area (TPSA) is 120 Å². The number of anilines is 1. The number of nitrogens with one attached hydrogen (secondary N) is 1. The Morgan fingerprint density at radius 2 is 1.71 bits per heavy atom. The quantitative estimate of drug-likeness (QED) is 0.327. The second-order valence-electron chi connectivity index (χ2n) is 7.99. The van der Waals surface area contributed by atoms with E-state index in [9.17, 15) is 18.5 Å². The highest BCUT2D eigenvalue weighted by atomic mass is 32.2. The van der Waals surface area contributed by atoms with E-state index >= 15 is 0 Å². The van der Waals surface area contributed by atoms with Crippen molar-refractivity contribution < 1.29 is 13.3 Å². The lowest BCUT2D eigenvalue weighted by molar-refractivity contribution is -0.388. The van der Waals surface area contributed by atoms with E-state index in [1.807, 2.05) is 13.0 Å². The van der Waals surface area contributed by atoms with Crippen molar-refractivity contribution in [3.05, 3.63) is 99.6 Å². The molecule has 5 rings (SSSR count). The molecule has 0 aliphatic carbocycles. The van der Waals surface area contributed by atoms with Gasteiger partial charge in [0.15, 0.2) is 0 Å². The number of rotatable bonds is 4. The predicted octanol–water partition coefficient (Wildman–Crippen LogP) is 5.15. The molecule has 1 N–H and O–H groups in total. The third-order valence-electron chi connectivity index (χ3n) is 5.92. The number of aromatic nitrogens is 1. The molecule has 8 nitrogen and oxygen atoms in total. The van der Waals surface area contributed by atoms with Crippen LogP contribution in [0.2, 0.25) is 0 Å². The molecule has 0 fully saturated rings. The summed E-state index contributed by atoms with van der Waals surface area (Å²) in [6.07, 6.45) is 0. The van der Waals surface area contributed by atoms with E-state index in [0.29, 0.717) is 39.2 Å². The number of aromatic amines is 1. The van der Waals surface area contributed by atoms with Gasteiger partial charge in [-0.1, -0.05) is 35.9 Å². The Morgan fingerprint density at radius 1 is 1.03 bits per heavy atom. The first kappa shape index (κ1) is 21.4. The van der Waals surface area contributed by atoms with Gasteiger partial charge in [-0.2, -0.15) is 5.26 Å². The van der Waals surface area contributed by atoms with Gasteiger partial charge in [0.05, 0.1) is 34.3 Å². The van der Waals surface area contributed by atoms with Crippen LogP contribution >= 0.6 is 0 Å². The maximum Gasteiger partial charge on any atom is 0.329 e. The zero-order valence-electron chi connectivity index (χ0n) is 18.0. The molecule has 1 aliphatic rings. The molecule has 0 bridgehead atoms. The first-order chi connectivity index (χ1) is 16.3. The van der Waals surface area contributed by atoms with Crippen LogP contribution in [-0.4, -0.2) is 18.3 Å². The number of nitriles is 1. The zero-order valence-corrected chi connectivity index (χ0v) is 18.8. The van der Waals surface area contributed by atoms with Crippen molar-refractivity contribution >= 4 is 21.5 Å². The van der Waals surface area contributed by atoms with E-state index in [-0.39, 0.29) is 17.3 Å². The van der Waals surface area contributed by atoms with Crippen molar-refractivity contribution in [3.63, 3.8) is 0 Å². The van der Waals surface area contributed by atoms with E-state index < -0.39 is 14.9 Å². The minimum atomic E-state index is -3.95. The Balaban J connectivity index is 1.75. The largest absolute Gasteiger partial charge is 0.358 e. The van der Waals surface area contributed by atoms with Gasteiger partial charge in [-0.3, -0.25) is 4.31 Å². The summed E-state index contributed by atoms with van der Waals surface area (Å²) in [5, 5.41) is 21.1. The van der Waals surface area contributed by atoms with E-state index in [0.717, 1.165) is 5.56 Å². The second-order valence-corrected chi connectivity index (χ2v) is 9.85. The molecule has 0 saturated carbocycles. The predicted molar refractivity (Wildman–Crippen MR) is 128 cm³/mol. The van der Waals surface area contributed by atoms with Crippen LogP contribution in [0, 0.1) is 28.4 Å². The van der Waals surface area contributed by atoms with Gasteiger partial charge in [-0.15, -0.1) is 0 Å². The van der Waals surface area contributed by atoms with Gasteiger partial charge in [-0.25, -0.2) is 13.4 Å². The standard InChI is InChI=1S/C25H18N4O4S/c1-16-6-12-19(13-7-16)34(32,33)28-15-21-23(20-4-2-3-5-22(20)28)25(29(30)31)27-24(21)18-10-8-17(14-26)9-11-18/h2-13,27H,15H2,1H3. The van der Waals surface area contributed by atoms with Crippen LogP contribution in [0.5, 0.6) is 0 Å². The number of hydrogen-bond acceptors (Lipinski definition) is 5. The summed E-state index contributed by atoms with van der Waals surface area (Å²) in [4.78, 5) is 14.5. The summed E-state index contributed by atoms with van der Waals surface area (Å²) in [6.45, 7) is 1.80. The van der Waals surface area contributed by atoms with E-state index in [1.165, 1.54) is 4.31 Å². The Morgan fingerprint density at radius 3 is 2.35 bits per heavy atom. The summed E-state index contributed by atoms with van der Waals surface area (Å²) in [6, 6.07) is 22.0. The fraction of sp³-hybridized carbons (Fsp3) is 0.0800. The highest BCUT2D eigenvalue weighted by Crippen LogP contribution is 2.48. The molecule has 2 heterocycles. The van der Waals surface area contributed by atoms with Crippen LogP contribution in [0.4, 0.5) is 11.5 Å². The summed E-state index contributed by atoms with van der Waals surface area (Å²) < 4.78 is 28.7. The Labute approximate surface area is 195 Å². The molecule has 0 atom stereocenters. The van der Waals surface area contributed by atoms with E-state index in [4.69, 9.17) is 5.26 Å². The number of nitro groups is 1. The molecule has 1 aliphatic heterocycles. The maximum atomic E-state index is 13.7. The summed E-state index contributed by atoms with van der Waals surface area (Å²) in [5.41, 5.74) is 4.17. The lowest BCUT2D eigenvalue weighted by atomic mass is 9.94. The van der Waals surface area contributed by atoms with Gasteiger partial charge >= 0.3 is 5.82 Å². The Kier molecular flexibility index (Phi) is 4.96. The van der Waals surface area contributed by atoms with E-state index in [2.05, 4.69) is 4.98 Å². The first-order valence-corrected chi connectivity index (χ1v) is 11.8. The van der Waals surface area contributed by atoms with Gasteiger partial charge in [0.2, 0.25) is 0 Å². The molecule has 9 heteroatoms. The lowest BCUT2D eigenvalue weighted by Gasteiger charge is -2.30. The summed E-state index contributed by atoms with van der Waals surface area (Å²) in [7, 11) is -3.95. The second kappa shape index (κ2) is 7.86. The molecule has 0 unspecified atom stereocenters. The molecule has 168 valence electrons. The monoisotopic (exact) mass is 470 g/mol. The molecular weight excluding hydrogens is 452 g/mol. The molecule has 0 amide bonds. The third kappa shape index (κ3) is 3.32. The smallest absolute Gasteiger partial charge is 0.329 e. The minimum absolute atomic E-state index is 0.0811. The number of hydrogen-bond donors (Lipinski definition) is 1. The minimum Gasteiger partial charge on any atom is -0.358 e. The molecule has 4 aromatic rings. The summed E-state index contributed by atoms with van der Waals surface area (Å²) in [5.74, 6) is -0.200. The van der Waals surface area contributed by atoms with Gasteiger partial charge in [0.1, 0.15) is 5.69 Å². The van der Waals surface area contributed by atoms with Gasteiger partial charge < -0.3 is 10.1 Å². The van der Waals surface area contributed by atoms with Gasteiger partial charge in [0, 0.05) is 16.7 Å². The maximum absolute atomic E-state index is 13.7. The van der Waals surface area contributed by atoms with Crippen molar-refractivity contribution in [1.29, 1.82) is 5.26 Å². The number of aryl methyl sites for hydroxylation is 1. The van der Waals surface area contributed by atoms with Crippen molar-refractivity contribution in [3.8, 4) is 28.5 Å². The van der Waals surface area contributed by atoms with Crippen molar-refractivity contribution in [2.24, 2.45) is 0 Å². The number of benzene rings is 3. The summed E-state index contributed by atoms with van der Waals surface area (Å²) >= 11 is 0. The number of fused-ring (bicyclic) bond motifs is 3. The molecule has 34 heavy (non-hydrogen) atoms. The fourth-order valence-corrected chi connectivity index (χ4v) is 5.70. The SMILES string of the molecule is Cc1ccc(S(=O)(=O)N2Cc3c(-c4ccc(C#N)cc4)[nH]c([N+](=O)[O-])c3-c3ccccc32)cc1. The molecule has 0 spiro atoms. The number of para-hydroxylation sites is 1. The average molecular weight is 471 g/mol. The highest BCUT2D eigenvalue weighted by molar-refractivity contribution is 7.92. The molecular formula is C25H18N4O4S. The average Bonchev–Trinajstić information content (AvgIpc) is 3.24. The van der Waals surface area contributed by atoms with E-state index in [1.54, 1.807) is 72.8 Å². The molecule has 0 saturated heterocycles. The van der Waals surface area contributed by atoms with Gasteiger partial charge in [-0.05, 0) is 54.3 Å². The van der Waals surface area contributed by atoms with Crippen LogP contribution in [-0.2, 0) is 16.6 Å². The van der Waals surface area contributed by atoms with Crippen molar-refractivity contribution in [2.45, 2.75) is 18.4 Å². The number of H-pyrrole nitrogens is 1. The van der Waals surface area contributed by atoms with Crippen LogP contribution in [0.25, 0.3) is 22.4 Å². The molecule has 3 aromatic carbocycles. The van der Waals surface area contributed by atoms with Crippen molar-refractivity contribution in [1.82, 2.24) is 4.98 Å². The van der Waals surface area contributed by atoms with Crippen molar-refractivity contribution in [2.75, 3.05) is 4.31 Å². The Bertz CT molecular complexity index is 1580. The Hall–Kier alpha value is -4.42. The lowest BCUT2D eigenvalue weighted by Crippen LogP contribution is -2.33. The molecule has 1 aromatic heterocycles. The van der Waals surface area contributed by atoms with Crippen LogP contribution in [0.1, 0.15) is 16.7 Å². The zero-order chi connectivity index (χ0) is 24.0. The van der Waals surface area contributed by atoms with Crippen LogP contribution in [0.15, 0.2) is 77.7 Å². The van der Waals surface area contributed by atoms with Crippen LogP contribution < -0.4 is 4.31 Å². The normalized spacial score (nSPS) is 12.5. The third-order valence-corrected chi connectivity index (χ3v) is 7.70. The first-order valence-electron chi connectivity index (χ1n) is 10.4. The number of sulfonamides is 1. The highest BCUT2D eigenvalue weighted by Gasteiger charge is 2.38. The van der Waals surface area contributed by atoms with Crippen LogP contribution in [0.3, 0.4) is 0 Å². The fourth-order valence-electron chi connectivity index (χ4n) is 4.25.